The van der Waals surface area contributed by atoms with Gasteiger partial charge in [0.15, 0.2) is 0 Å². The normalized spacial score (nSPS) is 17.0. The molecule has 1 aliphatic heterocycles. The van der Waals surface area contributed by atoms with Gasteiger partial charge >= 0.3 is 0 Å². The second-order valence-corrected chi connectivity index (χ2v) is 6.50. The zero-order valence-electron chi connectivity index (χ0n) is 13.1. The lowest BCUT2D eigenvalue weighted by molar-refractivity contribution is 0.0583. The molecule has 3 nitrogen and oxygen atoms in total. The number of benzene rings is 1. The molecule has 1 fully saturated rings. The average molecular weight is 285 g/mol. The molecule has 0 radical (unpaired) electrons. The molecule has 1 aromatic rings. The van der Waals surface area contributed by atoms with Crippen LogP contribution in [-0.4, -0.2) is 35.6 Å². The Kier molecular flexibility index (Phi) is 4.69. The van der Waals surface area contributed by atoms with Crippen LogP contribution < -0.4 is 0 Å². The van der Waals surface area contributed by atoms with Gasteiger partial charge in [0.05, 0.1) is 5.56 Å². The summed E-state index contributed by atoms with van der Waals surface area (Å²) in [5.74, 6) is 5.58. The summed E-state index contributed by atoms with van der Waals surface area (Å²) in [4.78, 5) is 14.7. The fourth-order valence-electron chi connectivity index (χ4n) is 2.85. The van der Waals surface area contributed by atoms with E-state index in [1.54, 1.807) is 0 Å². The van der Waals surface area contributed by atoms with Crippen LogP contribution in [0.25, 0.3) is 0 Å². The molecule has 0 aliphatic carbocycles. The van der Waals surface area contributed by atoms with Crippen molar-refractivity contribution in [1.29, 1.82) is 0 Å². The number of likely N-dealkylation sites (tertiary alicyclic amines) is 1. The SMILES string of the molecule is Cc1ccc(C(=O)N2CCCC(C)(C)C2)c(C#CCO)c1. The maximum absolute atomic E-state index is 12.8. The lowest BCUT2D eigenvalue weighted by atomic mass is 9.84. The van der Waals surface area contributed by atoms with Crippen molar-refractivity contribution >= 4 is 5.91 Å². The summed E-state index contributed by atoms with van der Waals surface area (Å²) in [6, 6.07) is 5.69. The van der Waals surface area contributed by atoms with Crippen molar-refractivity contribution in [2.75, 3.05) is 19.7 Å². The van der Waals surface area contributed by atoms with Gasteiger partial charge in [0.2, 0.25) is 0 Å². The highest BCUT2D eigenvalue weighted by Crippen LogP contribution is 2.29. The minimum atomic E-state index is -0.196. The van der Waals surface area contributed by atoms with Crippen LogP contribution in [0.4, 0.5) is 0 Å². The third kappa shape index (κ3) is 3.86. The Labute approximate surface area is 127 Å². The minimum Gasteiger partial charge on any atom is -0.384 e. The van der Waals surface area contributed by atoms with Gasteiger partial charge in [0.25, 0.3) is 5.91 Å². The van der Waals surface area contributed by atoms with Crippen molar-refractivity contribution in [2.24, 2.45) is 5.41 Å². The van der Waals surface area contributed by atoms with E-state index >= 15 is 0 Å². The van der Waals surface area contributed by atoms with E-state index in [-0.39, 0.29) is 17.9 Å². The van der Waals surface area contributed by atoms with Crippen molar-refractivity contribution in [1.82, 2.24) is 4.90 Å². The van der Waals surface area contributed by atoms with E-state index < -0.39 is 0 Å². The maximum atomic E-state index is 12.8. The van der Waals surface area contributed by atoms with Gasteiger partial charge in [-0.25, -0.2) is 0 Å². The van der Waals surface area contributed by atoms with Crippen molar-refractivity contribution in [3.63, 3.8) is 0 Å². The first kappa shape index (κ1) is 15.6. The molecule has 3 heteroatoms. The van der Waals surface area contributed by atoms with Gasteiger partial charge in [-0.1, -0.05) is 31.8 Å². The molecule has 0 aromatic heterocycles. The average Bonchev–Trinajstić information content (AvgIpc) is 2.43. The van der Waals surface area contributed by atoms with Gasteiger partial charge < -0.3 is 10.0 Å². The summed E-state index contributed by atoms with van der Waals surface area (Å²) in [5.41, 5.74) is 2.58. The lowest BCUT2D eigenvalue weighted by Crippen LogP contribution is -2.43. The Bertz CT molecular complexity index is 593. The number of piperidine rings is 1. The number of rotatable bonds is 1. The molecule has 1 heterocycles. The Morgan fingerprint density at radius 2 is 2.19 bits per heavy atom. The summed E-state index contributed by atoms with van der Waals surface area (Å²) in [6.45, 7) is 7.78. The number of aliphatic hydroxyl groups is 1. The minimum absolute atomic E-state index is 0.0463. The second kappa shape index (κ2) is 6.32. The number of carbonyl (C=O) groups is 1. The predicted octanol–water partition coefficient (Wildman–Crippen LogP) is 2.60. The van der Waals surface area contributed by atoms with Crippen molar-refractivity contribution < 1.29 is 9.90 Å². The standard InChI is InChI=1S/C18H23NO2/c1-14-7-8-16(15(12-14)6-4-11-20)17(21)19-10-5-9-18(2,3)13-19/h7-8,12,20H,5,9-11,13H2,1-3H3. The molecule has 1 N–H and O–H groups in total. The summed E-state index contributed by atoms with van der Waals surface area (Å²) >= 11 is 0. The molecule has 0 saturated carbocycles. The molecule has 2 rings (SSSR count). The molecule has 112 valence electrons. The third-order valence-corrected chi connectivity index (χ3v) is 3.90. The molecule has 0 atom stereocenters. The number of carbonyl (C=O) groups excluding carboxylic acids is 1. The Morgan fingerprint density at radius 1 is 1.43 bits per heavy atom. The van der Waals surface area contributed by atoms with Crippen LogP contribution in [0.15, 0.2) is 18.2 Å². The zero-order valence-corrected chi connectivity index (χ0v) is 13.1. The number of nitrogens with zero attached hydrogens (tertiary/aromatic N) is 1. The largest absolute Gasteiger partial charge is 0.384 e. The number of hydrogen-bond acceptors (Lipinski definition) is 2. The van der Waals surface area contributed by atoms with Gasteiger partial charge in [0, 0.05) is 18.7 Å². The van der Waals surface area contributed by atoms with Crippen LogP contribution >= 0.6 is 0 Å². The maximum Gasteiger partial charge on any atom is 0.255 e. The zero-order chi connectivity index (χ0) is 15.5. The van der Waals surface area contributed by atoms with Gasteiger partial charge in [0.1, 0.15) is 6.61 Å². The van der Waals surface area contributed by atoms with Crippen LogP contribution in [0.2, 0.25) is 0 Å². The molecule has 1 amide bonds. The smallest absolute Gasteiger partial charge is 0.255 e. The van der Waals surface area contributed by atoms with Crippen LogP contribution in [0.1, 0.15) is 48.2 Å². The predicted molar refractivity (Wildman–Crippen MR) is 84.1 cm³/mol. The first-order chi connectivity index (χ1) is 9.93. The molecule has 1 aliphatic rings. The van der Waals surface area contributed by atoms with E-state index in [9.17, 15) is 4.79 Å². The molecule has 0 bridgehead atoms. The summed E-state index contributed by atoms with van der Waals surface area (Å²) < 4.78 is 0. The molecule has 1 aromatic carbocycles. The van der Waals surface area contributed by atoms with Crippen molar-refractivity contribution in [3.8, 4) is 11.8 Å². The number of amides is 1. The fourth-order valence-corrected chi connectivity index (χ4v) is 2.85. The van der Waals surface area contributed by atoms with E-state index in [0.29, 0.717) is 11.1 Å². The molecular weight excluding hydrogens is 262 g/mol. The highest BCUT2D eigenvalue weighted by molar-refractivity contribution is 5.97. The van der Waals surface area contributed by atoms with Crippen molar-refractivity contribution in [3.05, 3.63) is 34.9 Å². The summed E-state index contributed by atoms with van der Waals surface area (Å²) in [6.07, 6.45) is 2.20. The van der Waals surface area contributed by atoms with Gasteiger partial charge in [-0.05, 0) is 42.9 Å². The lowest BCUT2D eigenvalue weighted by Gasteiger charge is -2.38. The highest BCUT2D eigenvalue weighted by Gasteiger charge is 2.30. The first-order valence-corrected chi connectivity index (χ1v) is 7.43. The van der Waals surface area contributed by atoms with Crippen LogP contribution in [0, 0.1) is 24.2 Å². The van der Waals surface area contributed by atoms with E-state index in [4.69, 9.17) is 5.11 Å². The van der Waals surface area contributed by atoms with E-state index in [1.165, 1.54) is 0 Å². The molecule has 1 saturated heterocycles. The monoisotopic (exact) mass is 285 g/mol. The summed E-state index contributed by atoms with van der Waals surface area (Å²) in [5, 5.41) is 8.87. The van der Waals surface area contributed by atoms with Gasteiger partial charge in [-0.15, -0.1) is 0 Å². The third-order valence-electron chi connectivity index (χ3n) is 3.90. The van der Waals surface area contributed by atoms with Crippen molar-refractivity contribution in [2.45, 2.75) is 33.6 Å². The Balaban J connectivity index is 2.30. The van der Waals surface area contributed by atoms with E-state index in [2.05, 4.69) is 25.7 Å². The molecule has 21 heavy (non-hydrogen) atoms. The van der Waals surface area contributed by atoms with E-state index in [0.717, 1.165) is 31.5 Å². The quantitative estimate of drug-likeness (QED) is 0.806. The van der Waals surface area contributed by atoms with E-state index in [1.807, 2.05) is 30.0 Å². The number of aryl methyl sites for hydroxylation is 1. The molecule has 0 spiro atoms. The van der Waals surface area contributed by atoms with Crippen LogP contribution in [0.3, 0.4) is 0 Å². The number of hydrogen-bond donors (Lipinski definition) is 1. The summed E-state index contributed by atoms with van der Waals surface area (Å²) in [7, 11) is 0. The van der Waals surface area contributed by atoms with Crippen LogP contribution in [-0.2, 0) is 0 Å². The van der Waals surface area contributed by atoms with Gasteiger partial charge in [-0.2, -0.15) is 0 Å². The highest BCUT2D eigenvalue weighted by atomic mass is 16.2. The van der Waals surface area contributed by atoms with Crippen LogP contribution in [0.5, 0.6) is 0 Å². The molecule has 0 unspecified atom stereocenters. The Morgan fingerprint density at radius 3 is 2.86 bits per heavy atom. The topological polar surface area (TPSA) is 40.5 Å². The second-order valence-electron chi connectivity index (χ2n) is 6.50. The fraction of sp³-hybridized carbons (Fsp3) is 0.500. The first-order valence-electron chi connectivity index (χ1n) is 7.43. The van der Waals surface area contributed by atoms with Gasteiger partial charge in [-0.3, -0.25) is 4.79 Å². The number of aliphatic hydroxyl groups excluding tert-OH is 1. The molecular formula is C18H23NO2. The Hall–Kier alpha value is -1.79.